The van der Waals surface area contributed by atoms with Gasteiger partial charge in [-0.1, -0.05) is 22.8 Å². The Balaban J connectivity index is 2.43. The molecule has 0 atom stereocenters. The second-order valence-electron chi connectivity index (χ2n) is 3.16. The molecule has 0 spiro atoms. The summed E-state index contributed by atoms with van der Waals surface area (Å²) in [4.78, 5) is 0. The summed E-state index contributed by atoms with van der Waals surface area (Å²) in [6, 6.07) is 0. The Morgan fingerprint density at radius 2 is 2.00 bits per heavy atom. The Labute approximate surface area is 69.5 Å². The third kappa shape index (κ3) is 2.21. The average Bonchev–Trinajstić information content (AvgIpc) is 2.12. The Morgan fingerprint density at radius 3 is 2.40 bits per heavy atom. The van der Waals surface area contributed by atoms with Crippen LogP contribution in [-0.2, 0) is 0 Å². The quantitative estimate of drug-likeness (QED) is 0.570. The lowest BCUT2D eigenvalue weighted by molar-refractivity contribution is 0.949. The van der Waals surface area contributed by atoms with Crippen LogP contribution in [0.2, 0.25) is 0 Å². The van der Waals surface area contributed by atoms with E-state index < -0.39 is 9.24 Å². The minimum absolute atomic E-state index is 0.730. The van der Waals surface area contributed by atoms with Crippen LogP contribution in [0, 0.1) is 0 Å². The summed E-state index contributed by atoms with van der Waals surface area (Å²) in [6.07, 6.45) is 2.68. The minimum Gasteiger partial charge on any atom is -0.159 e. The SMILES string of the molecule is C=C(C)CS1(Cl)CCCC1. The predicted molar refractivity (Wildman–Crippen MR) is 52.1 cm³/mol. The van der Waals surface area contributed by atoms with Gasteiger partial charge in [-0.2, -0.15) is 9.24 Å². The number of rotatable bonds is 2. The van der Waals surface area contributed by atoms with Gasteiger partial charge in [0.1, 0.15) is 0 Å². The number of hydrogen-bond acceptors (Lipinski definition) is 0. The summed E-state index contributed by atoms with van der Waals surface area (Å²) < 4.78 is 0. The van der Waals surface area contributed by atoms with Crippen LogP contribution in [0.25, 0.3) is 0 Å². The molecule has 1 saturated heterocycles. The molecule has 0 unspecified atom stereocenters. The fraction of sp³-hybridized carbons (Fsp3) is 0.750. The molecule has 0 N–H and O–H groups in total. The fourth-order valence-corrected chi connectivity index (χ4v) is 5.44. The maximum atomic E-state index is 6.39. The van der Waals surface area contributed by atoms with E-state index in [1.807, 2.05) is 0 Å². The van der Waals surface area contributed by atoms with Crippen LogP contribution >= 0.6 is 19.9 Å². The van der Waals surface area contributed by atoms with Gasteiger partial charge in [0, 0.05) is 5.75 Å². The van der Waals surface area contributed by atoms with Gasteiger partial charge in [-0.3, -0.25) is 0 Å². The van der Waals surface area contributed by atoms with Crippen LogP contribution in [0.5, 0.6) is 0 Å². The minimum atomic E-state index is -0.730. The van der Waals surface area contributed by atoms with Crippen molar-refractivity contribution in [1.29, 1.82) is 0 Å². The van der Waals surface area contributed by atoms with Crippen molar-refractivity contribution in [2.75, 3.05) is 17.3 Å². The largest absolute Gasteiger partial charge is 0.159 e. The van der Waals surface area contributed by atoms with Gasteiger partial charge in [0.05, 0.1) is 0 Å². The van der Waals surface area contributed by atoms with Gasteiger partial charge in [-0.15, -0.1) is 0 Å². The molecule has 0 amide bonds. The van der Waals surface area contributed by atoms with Gasteiger partial charge in [-0.25, -0.2) is 0 Å². The summed E-state index contributed by atoms with van der Waals surface area (Å²) >= 11 is 0. The van der Waals surface area contributed by atoms with Crippen molar-refractivity contribution in [3.8, 4) is 0 Å². The molecule has 0 radical (unpaired) electrons. The van der Waals surface area contributed by atoms with Gasteiger partial charge in [0.15, 0.2) is 0 Å². The van der Waals surface area contributed by atoms with Gasteiger partial charge < -0.3 is 0 Å². The first-order chi connectivity index (χ1) is 4.62. The van der Waals surface area contributed by atoms with Gasteiger partial charge in [-0.05, 0) is 31.3 Å². The fourth-order valence-electron chi connectivity index (χ4n) is 1.41. The zero-order chi connectivity index (χ0) is 7.61. The maximum absolute atomic E-state index is 6.39. The van der Waals surface area contributed by atoms with E-state index in [9.17, 15) is 0 Å². The summed E-state index contributed by atoms with van der Waals surface area (Å²) in [6.45, 7) is 5.98. The van der Waals surface area contributed by atoms with Crippen molar-refractivity contribution in [1.82, 2.24) is 0 Å². The van der Waals surface area contributed by atoms with Crippen LogP contribution in [0.4, 0.5) is 0 Å². The molecule has 0 aromatic rings. The molecule has 2 heteroatoms. The van der Waals surface area contributed by atoms with E-state index in [0.717, 1.165) is 5.75 Å². The summed E-state index contributed by atoms with van der Waals surface area (Å²) in [5.74, 6) is 3.62. The highest BCUT2D eigenvalue weighted by Gasteiger charge is 2.25. The van der Waals surface area contributed by atoms with E-state index in [2.05, 4.69) is 13.5 Å². The van der Waals surface area contributed by atoms with Crippen molar-refractivity contribution in [2.45, 2.75) is 19.8 Å². The molecule has 0 saturated carbocycles. The van der Waals surface area contributed by atoms with Gasteiger partial charge in [0.25, 0.3) is 0 Å². The Morgan fingerprint density at radius 1 is 1.50 bits per heavy atom. The lowest BCUT2D eigenvalue weighted by Crippen LogP contribution is -1.99. The average molecular weight is 179 g/mol. The highest BCUT2D eigenvalue weighted by atomic mass is 35.7. The first kappa shape index (κ1) is 8.48. The zero-order valence-electron chi connectivity index (χ0n) is 6.53. The zero-order valence-corrected chi connectivity index (χ0v) is 8.10. The molecular weight excluding hydrogens is 164 g/mol. The van der Waals surface area contributed by atoms with Gasteiger partial charge in [0.2, 0.25) is 0 Å². The second kappa shape index (κ2) is 3.19. The smallest absolute Gasteiger partial charge is 0.0104 e. The molecule has 0 aromatic heterocycles. The monoisotopic (exact) mass is 178 g/mol. The summed E-state index contributed by atoms with van der Waals surface area (Å²) in [5, 5.41) is 0. The van der Waals surface area contributed by atoms with Crippen molar-refractivity contribution in [2.24, 2.45) is 0 Å². The van der Waals surface area contributed by atoms with E-state index in [0.29, 0.717) is 0 Å². The topological polar surface area (TPSA) is 0 Å². The normalized spacial score (nSPS) is 26.2. The first-order valence-electron chi connectivity index (χ1n) is 3.73. The first-order valence-corrected chi connectivity index (χ1v) is 6.69. The molecule has 1 rings (SSSR count). The standard InChI is InChI=1S/C8H15ClS/c1-8(2)7-10(9)5-3-4-6-10/h1,3-7H2,2H3. The van der Waals surface area contributed by atoms with Crippen molar-refractivity contribution in [3.63, 3.8) is 0 Å². The van der Waals surface area contributed by atoms with Crippen LogP contribution in [0.3, 0.4) is 0 Å². The van der Waals surface area contributed by atoms with Crippen molar-refractivity contribution in [3.05, 3.63) is 12.2 Å². The number of hydrogen-bond donors (Lipinski definition) is 0. The van der Waals surface area contributed by atoms with Gasteiger partial charge >= 0.3 is 0 Å². The van der Waals surface area contributed by atoms with E-state index in [4.69, 9.17) is 10.7 Å². The van der Waals surface area contributed by atoms with E-state index in [1.54, 1.807) is 0 Å². The highest BCUT2D eigenvalue weighted by Crippen LogP contribution is 2.59. The molecule has 0 bridgehead atoms. The molecular formula is C8H15ClS. The molecule has 0 aromatic carbocycles. The molecule has 10 heavy (non-hydrogen) atoms. The second-order valence-corrected chi connectivity index (χ2v) is 8.11. The third-order valence-corrected chi connectivity index (χ3v) is 6.08. The number of halogens is 1. The highest BCUT2D eigenvalue weighted by molar-refractivity contribution is 8.51. The van der Waals surface area contributed by atoms with Crippen LogP contribution in [0.15, 0.2) is 12.2 Å². The maximum Gasteiger partial charge on any atom is 0.0104 e. The van der Waals surface area contributed by atoms with Crippen molar-refractivity contribution < 1.29 is 0 Å². The lowest BCUT2D eigenvalue weighted by Gasteiger charge is -2.26. The molecule has 1 fully saturated rings. The molecule has 1 heterocycles. The van der Waals surface area contributed by atoms with E-state index in [1.165, 1.54) is 29.9 Å². The summed E-state index contributed by atoms with van der Waals surface area (Å²) in [7, 11) is 5.66. The molecule has 0 nitrogen and oxygen atoms in total. The summed E-state index contributed by atoms with van der Waals surface area (Å²) in [5.41, 5.74) is 1.26. The van der Waals surface area contributed by atoms with Crippen LogP contribution in [-0.4, -0.2) is 17.3 Å². The predicted octanol–water partition coefficient (Wildman–Crippen LogP) is 3.31. The molecule has 1 aliphatic heterocycles. The lowest BCUT2D eigenvalue weighted by atomic mass is 10.4. The molecule has 60 valence electrons. The van der Waals surface area contributed by atoms with Crippen LogP contribution < -0.4 is 0 Å². The third-order valence-electron chi connectivity index (χ3n) is 1.78. The van der Waals surface area contributed by atoms with E-state index >= 15 is 0 Å². The Kier molecular flexibility index (Phi) is 2.70. The Bertz CT molecular complexity index is 136. The molecule has 0 aliphatic carbocycles. The van der Waals surface area contributed by atoms with E-state index in [-0.39, 0.29) is 0 Å². The molecule has 1 aliphatic rings. The van der Waals surface area contributed by atoms with Crippen LogP contribution in [0.1, 0.15) is 19.8 Å². The Hall–Kier alpha value is 0.380. The van der Waals surface area contributed by atoms with Crippen molar-refractivity contribution >= 4 is 19.9 Å².